The maximum Gasteiger partial charge on any atom is 0.265 e. The van der Waals surface area contributed by atoms with Crippen LogP contribution < -0.4 is 15.8 Å². The number of anilines is 1. The fraction of sp³-hybridized carbons (Fsp3) is 0.308. The van der Waals surface area contributed by atoms with Gasteiger partial charge in [-0.05, 0) is 25.1 Å². The predicted octanol–water partition coefficient (Wildman–Crippen LogP) is 0.957. The van der Waals surface area contributed by atoms with Gasteiger partial charge >= 0.3 is 0 Å². The molecule has 7 heteroatoms. The summed E-state index contributed by atoms with van der Waals surface area (Å²) < 4.78 is 11.0. The second kappa shape index (κ2) is 4.93. The summed E-state index contributed by atoms with van der Waals surface area (Å²) in [5.41, 5.74) is 6.76. The lowest BCUT2D eigenvalue weighted by Gasteiger charge is -2.23. The lowest BCUT2D eigenvalue weighted by Crippen LogP contribution is -2.34. The molecule has 20 heavy (non-hydrogen) atoms. The van der Waals surface area contributed by atoms with Crippen LogP contribution in [0, 0.1) is 0 Å². The molecule has 3 N–H and O–H groups in total. The Labute approximate surface area is 115 Å². The van der Waals surface area contributed by atoms with E-state index in [1.807, 2.05) is 6.07 Å². The molecule has 1 atom stereocenters. The van der Waals surface area contributed by atoms with E-state index in [1.54, 1.807) is 19.1 Å². The monoisotopic (exact) mass is 274 g/mol. The van der Waals surface area contributed by atoms with E-state index in [9.17, 15) is 4.79 Å². The Kier molecular flexibility index (Phi) is 3.11. The summed E-state index contributed by atoms with van der Waals surface area (Å²) in [6, 6.07) is 5.33. The normalized spacial score (nSPS) is 17.3. The molecule has 1 aliphatic rings. The molecule has 0 aliphatic carbocycles. The van der Waals surface area contributed by atoms with Crippen LogP contribution in [0.2, 0.25) is 0 Å². The van der Waals surface area contributed by atoms with Crippen LogP contribution in [0.4, 0.5) is 5.69 Å². The zero-order valence-electron chi connectivity index (χ0n) is 10.9. The first-order chi connectivity index (χ1) is 9.67. The third kappa shape index (κ3) is 2.23. The van der Waals surface area contributed by atoms with Crippen LogP contribution >= 0.6 is 0 Å². The molecular formula is C13H14N4O3. The van der Waals surface area contributed by atoms with Crippen molar-refractivity contribution >= 4 is 11.6 Å². The Bertz CT molecular complexity index is 653. The first kappa shape index (κ1) is 12.6. The number of ether oxygens (including phenoxy) is 1. The second-order valence-electron chi connectivity index (χ2n) is 4.50. The molecule has 2 aromatic rings. The molecule has 0 saturated heterocycles. The number of hydrogen-bond acceptors (Lipinski definition) is 6. The smallest absolute Gasteiger partial charge is 0.265 e. The average Bonchev–Trinajstić information content (AvgIpc) is 2.89. The number of fused-ring (bicyclic) bond motifs is 1. The summed E-state index contributed by atoms with van der Waals surface area (Å²) in [4.78, 5) is 11.6. The first-order valence-electron chi connectivity index (χ1n) is 6.32. The van der Waals surface area contributed by atoms with Crippen LogP contribution in [0.25, 0.3) is 11.5 Å². The minimum Gasteiger partial charge on any atom is -0.479 e. The Morgan fingerprint density at radius 2 is 2.25 bits per heavy atom. The predicted molar refractivity (Wildman–Crippen MR) is 71.2 cm³/mol. The van der Waals surface area contributed by atoms with Gasteiger partial charge in [-0.25, -0.2) is 0 Å². The van der Waals surface area contributed by atoms with Gasteiger partial charge in [0.1, 0.15) is 5.75 Å². The van der Waals surface area contributed by atoms with Gasteiger partial charge in [0.2, 0.25) is 11.8 Å². The number of carbonyl (C=O) groups is 1. The highest BCUT2D eigenvalue weighted by Crippen LogP contribution is 2.33. The minimum absolute atomic E-state index is 0.177. The summed E-state index contributed by atoms with van der Waals surface area (Å²) >= 11 is 0. The molecule has 1 unspecified atom stereocenters. The molecule has 1 aromatic carbocycles. The number of amides is 1. The van der Waals surface area contributed by atoms with Crippen LogP contribution in [-0.4, -0.2) is 28.8 Å². The van der Waals surface area contributed by atoms with E-state index < -0.39 is 6.10 Å². The zero-order valence-corrected chi connectivity index (χ0v) is 10.9. The van der Waals surface area contributed by atoms with Gasteiger partial charge in [-0.15, -0.1) is 10.2 Å². The van der Waals surface area contributed by atoms with Gasteiger partial charge < -0.3 is 20.2 Å². The van der Waals surface area contributed by atoms with E-state index in [1.165, 1.54) is 0 Å². The molecule has 104 valence electrons. The molecule has 2 heterocycles. The van der Waals surface area contributed by atoms with Crippen molar-refractivity contribution in [2.75, 3.05) is 11.9 Å². The van der Waals surface area contributed by atoms with Crippen molar-refractivity contribution in [3.63, 3.8) is 0 Å². The van der Waals surface area contributed by atoms with E-state index in [0.29, 0.717) is 36.2 Å². The van der Waals surface area contributed by atoms with Crippen molar-refractivity contribution in [3.8, 4) is 17.2 Å². The van der Waals surface area contributed by atoms with Crippen LogP contribution in [0.3, 0.4) is 0 Å². The largest absolute Gasteiger partial charge is 0.479 e. The number of nitrogens with zero attached hydrogens (tertiary/aromatic N) is 2. The van der Waals surface area contributed by atoms with Crippen molar-refractivity contribution in [1.82, 2.24) is 10.2 Å². The van der Waals surface area contributed by atoms with Gasteiger partial charge in [0.05, 0.1) is 5.69 Å². The third-order valence-corrected chi connectivity index (χ3v) is 2.98. The fourth-order valence-corrected chi connectivity index (χ4v) is 1.94. The van der Waals surface area contributed by atoms with Gasteiger partial charge in [-0.1, -0.05) is 0 Å². The maximum absolute atomic E-state index is 11.6. The lowest BCUT2D eigenvalue weighted by atomic mass is 10.1. The number of benzene rings is 1. The summed E-state index contributed by atoms with van der Waals surface area (Å²) in [5.74, 6) is 1.34. The highest BCUT2D eigenvalue weighted by Gasteiger charge is 2.24. The van der Waals surface area contributed by atoms with E-state index >= 15 is 0 Å². The minimum atomic E-state index is -0.493. The van der Waals surface area contributed by atoms with Crippen LogP contribution in [0.15, 0.2) is 22.6 Å². The Morgan fingerprint density at radius 3 is 3.05 bits per heavy atom. The molecular weight excluding hydrogens is 260 g/mol. The Morgan fingerprint density at radius 1 is 1.40 bits per heavy atom. The third-order valence-electron chi connectivity index (χ3n) is 2.98. The zero-order chi connectivity index (χ0) is 14.1. The first-order valence-corrected chi connectivity index (χ1v) is 6.32. The Hall–Kier alpha value is -2.41. The van der Waals surface area contributed by atoms with Gasteiger partial charge in [-0.3, -0.25) is 4.79 Å². The van der Waals surface area contributed by atoms with Crippen molar-refractivity contribution in [2.45, 2.75) is 19.4 Å². The van der Waals surface area contributed by atoms with Gasteiger partial charge in [-0.2, -0.15) is 0 Å². The molecule has 0 radical (unpaired) electrons. The molecule has 1 amide bonds. The quantitative estimate of drug-likeness (QED) is 0.864. The van der Waals surface area contributed by atoms with E-state index in [2.05, 4.69) is 15.5 Å². The van der Waals surface area contributed by atoms with Crippen LogP contribution in [-0.2, 0) is 11.2 Å². The number of nitrogens with one attached hydrogen (secondary N) is 1. The molecule has 0 saturated carbocycles. The molecule has 0 bridgehead atoms. The van der Waals surface area contributed by atoms with Crippen molar-refractivity contribution in [3.05, 3.63) is 24.1 Å². The summed E-state index contributed by atoms with van der Waals surface area (Å²) in [6.45, 7) is 2.15. The number of rotatable bonds is 3. The molecule has 1 aromatic heterocycles. The average molecular weight is 274 g/mol. The number of nitrogens with two attached hydrogens (primary N) is 1. The van der Waals surface area contributed by atoms with Crippen molar-refractivity contribution < 1.29 is 13.9 Å². The molecule has 3 rings (SSSR count). The highest BCUT2D eigenvalue weighted by molar-refractivity contribution is 5.98. The summed E-state index contributed by atoms with van der Waals surface area (Å²) in [5, 5.41) is 10.6. The van der Waals surface area contributed by atoms with Gasteiger partial charge in [0.15, 0.2) is 6.10 Å². The van der Waals surface area contributed by atoms with Crippen LogP contribution in [0.5, 0.6) is 5.75 Å². The number of carbonyl (C=O) groups excluding carboxylic acids is 1. The fourth-order valence-electron chi connectivity index (χ4n) is 1.94. The molecule has 7 nitrogen and oxygen atoms in total. The molecule has 1 aliphatic heterocycles. The second-order valence-corrected chi connectivity index (χ2v) is 4.50. The SMILES string of the molecule is CC1Oc2ccc(-c3nnc(CCN)o3)cc2NC1=O. The topological polar surface area (TPSA) is 103 Å². The molecule has 0 fully saturated rings. The number of aromatic nitrogens is 2. The maximum atomic E-state index is 11.6. The van der Waals surface area contributed by atoms with Crippen molar-refractivity contribution in [2.24, 2.45) is 5.73 Å². The lowest BCUT2D eigenvalue weighted by molar-refractivity contribution is -0.122. The Balaban J connectivity index is 1.91. The van der Waals surface area contributed by atoms with E-state index in [-0.39, 0.29) is 5.91 Å². The number of hydrogen-bond donors (Lipinski definition) is 2. The van der Waals surface area contributed by atoms with Gasteiger partial charge in [0, 0.05) is 18.5 Å². The van der Waals surface area contributed by atoms with Gasteiger partial charge in [0.25, 0.3) is 5.91 Å². The van der Waals surface area contributed by atoms with Crippen LogP contribution in [0.1, 0.15) is 12.8 Å². The van der Waals surface area contributed by atoms with E-state index in [0.717, 1.165) is 5.56 Å². The van der Waals surface area contributed by atoms with Crippen molar-refractivity contribution in [1.29, 1.82) is 0 Å². The summed E-state index contributed by atoms with van der Waals surface area (Å²) in [7, 11) is 0. The highest BCUT2D eigenvalue weighted by atomic mass is 16.5. The molecule has 0 spiro atoms. The summed E-state index contributed by atoms with van der Waals surface area (Å²) in [6.07, 6.45) is 0.0443. The standard InChI is InChI=1S/C13H14N4O3/c1-7-12(18)15-9-6-8(2-3-10(9)19-7)13-17-16-11(20-13)4-5-14/h2-3,6-7H,4-5,14H2,1H3,(H,15,18). The van der Waals surface area contributed by atoms with E-state index in [4.69, 9.17) is 14.9 Å².